The largest absolute Gasteiger partial charge is 0.323 e. The third kappa shape index (κ3) is 2.00. The summed E-state index contributed by atoms with van der Waals surface area (Å²) in [5.41, 5.74) is 7.10. The molecule has 0 spiro atoms. The van der Waals surface area contributed by atoms with Crippen molar-refractivity contribution in [2.24, 2.45) is 12.8 Å². The van der Waals surface area contributed by atoms with Gasteiger partial charge in [0.05, 0.1) is 0 Å². The third-order valence-corrected chi connectivity index (χ3v) is 2.37. The lowest BCUT2D eigenvalue weighted by Gasteiger charge is -2.18. The third-order valence-electron chi connectivity index (χ3n) is 2.37. The molecule has 1 aromatic rings. The predicted octanol–water partition coefficient (Wildman–Crippen LogP) is -0.785. The highest BCUT2D eigenvalue weighted by Crippen LogP contribution is 2.07. The lowest BCUT2D eigenvalue weighted by atomic mass is 10.1. The molecule has 0 aromatic carbocycles. The number of hydrogen-bond acceptors (Lipinski definition) is 4. The van der Waals surface area contributed by atoms with Crippen molar-refractivity contribution in [1.82, 2.24) is 20.1 Å². The van der Waals surface area contributed by atoms with Gasteiger partial charge in [-0.25, -0.2) is 4.98 Å². The molecule has 2 rings (SSSR count). The molecule has 0 radical (unpaired) electrons. The first-order valence-corrected chi connectivity index (χ1v) is 4.74. The zero-order chi connectivity index (χ0) is 9.97. The van der Waals surface area contributed by atoms with Gasteiger partial charge in [-0.2, -0.15) is 5.10 Å². The Balaban J connectivity index is 2.07. The average Bonchev–Trinajstić information content (AvgIpc) is 2.52. The summed E-state index contributed by atoms with van der Waals surface area (Å²) in [6, 6.07) is 0.131. The highest BCUT2D eigenvalue weighted by molar-refractivity contribution is 5.16. The van der Waals surface area contributed by atoms with Gasteiger partial charge >= 0.3 is 0 Å². The smallest absolute Gasteiger partial charge is 0.138 e. The van der Waals surface area contributed by atoms with E-state index in [-0.39, 0.29) is 6.04 Å². The minimum absolute atomic E-state index is 0.131. The SMILES string of the molecule is Cn1ncnc1CC1=CC(N)CNC1. The van der Waals surface area contributed by atoms with Gasteiger partial charge in [0.15, 0.2) is 0 Å². The van der Waals surface area contributed by atoms with E-state index in [2.05, 4.69) is 21.5 Å². The lowest BCUT2D eigenvalue weighted by Crippen LogP contribution is -2.38. The molecule has 5 heteroatoms. The molecule has 0 amide bonds. The number of aromatic nitrogens is 3. The number of rotatable bonds is 2. The summed E-state index contributed by atoms with van der Waals surface area (Å²) < 4.78 is 1.79. The van der Waals surface area contributed by atoms with Gasteiger partial charge in [-0.3, -0.25) is 4.68 Å². The van der Waals surface area contributed by atoms with Crippen LogP contribution in [0.1, 0.15) is 5.82 Å². The molecule has 0 bridgehead atoms. The fraction of sp³-hybridized carbons (Fsp3) is 0.556. The molecule has 1 aliphatic rings. The van der Waals surface area contributed by atoms with Gasteiger partial charge < -0.3 is 11.1 Å². The van der Waals surface area contributed by atoms with Gasteiger partial charge in [0.2, 0.25) is 0 Å². The monoisotopic (exact) mass is 193 g/mol. The molecule has 0 saturated carbocycles. The first-order valence-electron chi connectivity index (χ1n) is 4.74. The van der Waals surface area contributed by atoms with Gasteiger partial charge in [-0.15, -0.1) is 0 Å². The summed E-state index contributed by atoms with van der Waals surface area (Å²) in [6.07, 6.45) is 4.52. The van der Waals surface area contributed by atoms with Crippen molar-refractivity contribution in [3.8, 4) is 0 Å². The van der Waals surface area contributed by atoms with Crippen molar-refractivity contribution in [2.45, 2.75) is 12.5 Å². The van der Waals surface area contributed by atoms with E-state index < -0.39 is 0 Å². The minimum atomic E-state index is 0.131. The van der Waals surface area contributed by atoms with Crippen LogP contribution in [0.15, 0.2) is 18.0 Å². The zero-order valence-electron chi connectivity index (χ0n) is 8.27. The normalized spacial score (nSPS) is 22.1. The predicted molar refractivity (Wildman–Crippen MR) is 53.6 cm³/mol. The second-order valence-electron chi connectivity index (χ2n) is 3.60. The fourth-order valence-corrected chi connectivity index (χ4v) is 1.62. The minimum Gasteiger partial charge on any atom is -0.323 e. The van der Waals surface area contributed by atoms with E-state index in [1.165, 1.54) is 5.57 Å². The Morgan fingerprint density at radius 3 is 3.21 bits per heavy atom. The molecule has 5 nitrogen and oxygen atoms in total. The topological polar surface area (TPSA) is 68.8 Å². The molecule has 3 N–H and O–H groups in total. The van der Waals surface area contributed by atoms with Gasteiger partial charge in [0.1, 0.15) is 12.2 Å². The summed E-state index contributed by atoms with van der Waals surface area (Å²) in [5.74, 6) is 0.979. The van der Waals surface area contributed by atoms with E-state index in [4.69, 9.17) is 5.73 Å². The van der Waals surface area contributed by atoms with Crippen LogP contribution in [0.25, 0.3) is 0 Å². The summed E-state index contributed by atoms with van der Waals surface area (Å²) in [5, 5.41) is 7.29. The van der Waals surface area contributed by atoms with Crippen molar-refractivity contribution in [3.05, 3.63) is 23.8 Å². The molecule has 0 fully saturated rings. The van der Waals surface area contributed by atoms with Gasteiger partial charge in [-0.05, 0) is 0 Å². The van der Waals surface area contributed by atoms with E-state index in [0.29, 0.717) is 0 Å². The molecule has 1 atom stereocenters. The molecule has 0 saturated heterocycles. The first kappa shape index (κ1) is 9.36. The Labute approximate surface area is 83.0 Å². The van der Waals surface area contributed by atoms with E-state index in [1.807, 2.05) is 7.05 Å². The van der Waals surface area contributed by atoms with Crippen molar-refractivity contribution >= 4 is 0 Å². The van der Waals surface area contributed by atoms with Crippen molar-refractivity contribution in [2.75, 3.05) is 13.1 Å². The molecule has 2 heterocycles. The number of nitrogens with two attached hydrogens (primary N) is 1. The summed E-state index contributed by atoms with van der Waals surface area (Å²) in [7, 11) is 1.90. The maximum atomic E-state index is 5.81. The maximum absolute atomic E-state index is 5.81. The number of hydrogen-bond donors (Lipinski definition) is 2. The zero-order valence-corrected chi connectivity index (χ0v) is 8.27. The second kappa shape index (κ2) is 3.89. The maximum Gasteiger partial charge on any atom is 0.138 e. The Bertz CT molecular complexity index is 341. The Morgan fingerprint density at radius 2 is 2.57 bits per heavy atom. The first-order chi connectivity index (χ1) is 6.75. The van der Waals surface area contributed by atoms with Crippen molar-refractivity contribution < 1.29 is 0 Å². The van der Waals surface area contributed by atoms with Crippen LogP contribution in [0.3, 0.4) is 0 Å². The van der Waals surface area contributed by atoms with Crippen LogP contribution in [0.2, 0.25) is 0 Å². The molecule has 1 unspecified atom stereocenters. The molecule has 1 aliphatic heterocycles. The standard InChI is InChI=1S/C9H15N5/c1-14-9(12-6-13-14)3-7-2-8(10)5-11-4-7/h2,6,8,11H,3-5,10H2,1H3. The molecule has 0 aliphatic carbocycles. The highest BCUT2D eigenvalue weighted by atomic mass is 15.3. The van der Waals surface area contributed by atoms with Crippen LogP contribution in [-0.4, -0.2) is 33.9 Å². The molecular formula is C9H15N5. The molecule has 14 heavy (non-hydrogen) atoms. The number of aryl methyl sites for hydroxylation is 1. The van der Waals surface area contributed by atoms with E-state index in [1.54, 1.807) is 11.0 Å². The van der Waals surface area contributed by atoms with Gasteiger partial charge in [0, 0.05) is 32.6 Å². The second-order valence-corrected chi connectivity index (χ2v) is 3.60. The van der Waals surface area contributed by atoms with Crippen LogP contribution < -0.4 is 11.1 Å². The Morgan fingerprint density at radius 1 is 1.71 bits per heavy atom. The van der Waals surface area contributed by atoms with E-state index in [0.717, 1.165) is 25.3 Å². The van der Waals surface area contributed by atoms with Crippen molar-refractivity contribution in [3.63, 3.8) is 0 Å². The van der Waals surface area contributed by atoms with Crippen LogP contribution in [-0.2, 0) is 13.5 Å². The summed E-state index contributed by atoms with van der Waals surface area (Å²) in [4.78, 5) is 4.18. The quantitative estimate of drug-likeness (QED) is 0.604. The van der Waals surface area contributed by atoms with Gasteiger partial charge in [-0.1, -0.05) is 11.6 Å². The lowest BCUT2D eigenvalue weighted by molar-refractivity contribution is 0.616. The Hall–Kier alpha value is -1.20. The number of nitrogens with one attached hydrogen (secondary N) is 1. The van der Waals surface area contributed by atoms with Crippen LogP contribution in [0, 0.1) is 0 Å². The molecule has 76 valence electrons. The van der Waals surface area contributed by atoms with E-state index in [9.17, 15) is 0 Å². The van der Waals surface area contributed by atoms with Crippen LogP contribution in [0.5, 0.6) is 0 Å². The molecule has 1 aromatic heterocycles. The number of nitrogens with zero attached hydrogens (tertiary/aromatic N) is 3. The fourth-order valence-electron chi connectivity index (χ4n) is 1.62. The highest BCUT2D eigenvalue weighted by Gasteiger charge is 2.11. The molecular weight excluding hydrogens is 178 g/mol. The summed E-state index contributed by atoms with van der Waals surface area (Å²) >= 11 is 0. The van der Waals surface area contributed by atoms with Crippen LogP contribution >= 0.6 is 0 Å². The van der Waals surface area contributed by atoms with Crippen molar-refractivity contribution in [1.29, 1.82) is 0 Å². The summed E-state index contributed by atoms with van der Waals surface area (Å²) in [6.45, 7) is 1.77. The van der Waals surface area contributed by atoms with Crippen LogP contribution in [0.4, 0.5) is 0 Å². The van der Waals surface area contributed by atoms with E-state index >= 15 is 0 Å². The van der Waals surface area contributed by atoms with Gasteiger partial charge in [0.25, 0.3) is 0 Å². The average molecular weight is 193 g/mol. The Kier molecular flexibility index (Phi) is 2.60.